The molecule has 1 aromatic rings. The van der Waals surface area contributed by atoms with Crippen molar-refractivity contribution in [3.63, 3.8) is 0 Å². The van der Waals surface area contributed by atoms with Crippen molar-refractivity contribution in [2.45, 2.75) is 78.6 Å². The van der Waals surface area contributed by atoms with Crippen LogP contribution < -0.4 is 0 Å². The van der Waals surface area contributed by atoms with Crippen LogP contribution >= 0.6 is 0 Å². The van der Waals surface area contributed by atoms with Gasteiger partial charge in [-0.05, 0) is 32.9 Å². The van der Waals surface area contributed by atoms with Crippen LogP contribution in [-0.2, 0) is 16.2 Å². The fourth-order valence-electron chi connectivity index (χ4n) is 3.59. The molecule has 0 aliphatic rings. The highest BCUT2D eigenvalue weighted by Gasteiger charge is 2.36. The zero-order valence-electron chi connectivity index (χ0n) is 16.5. The molecule has 1 rings (SSSR count). The summed E-state index contributed by atoms with van der Waals surface area (Å²) in [6, 6.07) is 0. The molecule has 0 amide bonds. The quantitative estimate of drug-likeness (QED) is 0.731. The summed E-state index contributed by atoms with van der Waals surface area (Å²) in [5.74, 6) is 0. The van der Waals surface area contributed by atoms with Gasteiger partial charge >= 0.3 is 0 Å². The Labute approximate surface area is 145 Å². The molecule has 0 saturated carbocycles. The highest BCUT2D eigenvalue weighted by molar-refractivity contribution is 5.97. The van der Waals surface area contributed by atoms with Gasteiger partial charge in [0, 0.05) is 16.7 Å². The van der Waals surface area contributed by atoms with Gasteiger partial charge in [-0.1, -0.05) is 62.3 Å². The Morgan fingerprint density at radius 1 is 0.458 bits per heavy atom. The molecule has 132 valence electrons. The Morgan fingerprint density at radius 3 is 0.708 bits per heavy atom. The lowest BCUT2D eigenvalue weighted by molar-refractivity contribution is 0.111. The third-order valence-electron chi connectivity index (χ3n) is 4.22. The second-order valence-electron chi connectivity index (χ2n) is 9.47. The summed E-state index contributed by atoms with van der Waals surface area (Å²) < 4.78 is 0. The van der Waals surface area contributed by atoms with Gasteiger partial charge in [0.05, 0.1) is 0 Å². The van der Waals surface area contributed by atoms with Crippen molar-refractivity contribution >= 4 is 18.9 Å². The molecule has 3 nitrogen and oxygen atoms in total. The van der Waals surface area contributed by atoms with Crippen molar-refractivity contribution in [3.8, 4) is 0 Å². The molecule has 0 saturated heterocycles. The Hall–Kier alpha value is -1.77. The largest absolute Gasteiger partial charge is 0.298 e. The first-order chi connectivity index (χ1) is 10.7. The summed E-state index contributed by atoms with van der Waals surface area (Å²) >= 11 is 0. The number of hydrogen-bond donors (Lipinski definition) is 0. The van der Waals surface area contributed by atoms with Crippen LogP contribution in [0.3, 0.4) is 0 Å². The fraction of sp³-hybridized carbons (Fsp3) is 0.571. The first-order valence-corrected chi connectivity index (χ1v) is 8.32. The van der Waals surface area contributed by atoms with Crippen LogP contribution in [0, 0.1) is 0 Å². The maximum absolute atomic E-state index is 12.0. The smallest absolute Gasteiger partial charge is 0.150 e. The van der Waals surface area contributed by atoms with Crippen molar-refractivity contribution in [1.29, 1.82) is 0 Å². The van der Waals surface area contributed by atoms with E-state index >= 15 is 0 Å². The van der Waals surface area contributed by atoms with Crippen LogP contribution in [0.25, 0.3) is 0 Å². The van der Waals surface area contributed by atoms with Crippen molar-refractivity contribution in [2.75, 3.05) is 0 Å². The van der Waals surface area contributed by atoms with Crippen LogP contribution in [-0.4, -0.2) is 18.9 Å². The van der Waals surface area contributed by atoms with E-state index in [9.17, 15) is 14.4 Å². The van der Waals surface area contributed by atoms with Gasteiger partial charge in [0.1, 0.15) is 0 Å². The third-order valence-corrected chi connectivity index (χ3v) is 4.22. The molecule has 3 heteroatoms. The Bertz CT molecular complexity index is 559. The lowest BCUT2D eigenvalue weighted by Gasteiger charge is -2.35. The molecule has 1 aromatic carbocycles. The van der Waals surface area contributed by atoms with E-state index in [1.807, 2.05) is 62.3 Å². The average molecular weight is 330 g/mol. The number of benzene rings is 1. The van der Waals surface area contributed by atoms with Crippen molar-refractivity contribution in [2.24, 2.45) is 0 Å². The van der Waals surface area contributed by atoms with Crippen LogP contribution in [0.4, 0.5) is 0 Å². The average Bonchev–Trinajstić information content (AvgIpc) is 2.40. The minimum absolute atomic E-state index is 0.395. The Balaban J connectivity index is 4.40. The summed E-state index contributed by atoms with van der Waals surface area (Å²) in [4.78, 5) is 36.0. The van der Waals surface area contributed by atoms with E-state index in [0.717, 1.165) is 35.5 Å². The van der Waals surface area contributed by atoms with E-state index in [1.54, 1.807) is 0 Å². The minimum atomic E-state index is -0.395. The zero-order valence-corrected chi connectivity index (χ0v) is 16.5. The van der Waals surface area contributed by atoms with Crippen molar-refractivity contribution in [1.82, 2.24) is 0 Å². The SMILES string of the molecule is CC(C)(C)c1c(C=O)c(C(C)(C)C)c(C=O)c(C(C)(C)C)c1C=O. The number of rotatable bonds is 3. The molecule has 0 fully saturated rings. The first-order valence-electron chi connectivity index (χ1n) is 8.32. The van der Waals surface area contributed by atoms with Crippen molar-refractivity contribution in [3.05, 3.63) is 33.4 Å². The van der Waals surface area contributed by atoms with E-state index in [0.29, 0.717) is 16.7 Å². The molecule has 0 spiro atoms. The fourth-order valence-corrected chi connectivity index (χ4v) is 3.59. The zero-order chi connectivity index (χ0) is 19.1. The maximum Gasteiger partial charge on any atom is 0.150 e. The summed E-state index contributed by atoms with van der Waals surface area (Å²) in [5.41, 5.74) is 2.44. The minimum Gasteiger partial charge on any atom is -0.298 e. The van der Waals surface area contributed by atoms with Crippen LogP contribution in [0.15, 0.2) is 0 Å². The van der Waals surface area contributed by atoms with E-state index in [2.05, 4.69) is 0 Å². The van der Waals surface area contributed by atoms with E-state index < -0.39 is 16.2 Å². The van der Waals surface area contributed by atoms with Gasteiger partial charge in [-0.2, -0.15) is 0 Å². The van der Waals surface area contributed by atoms with E-state index in [4.69, 9.17) is 0 Å². The normalized spacial score (nSPS) is 12.9. The highest BCUT2D eigenvalue weighted by Crippen LogP contribution is 2.42. The van der Waals surface area contributed by atoms with Crippen LogP contribution in [0.1, 0.15) is 110 Å². The lowest BCUT2D eigenvalue weighted by Crippen LogP contribution is -2.30. The van der Waals surface area contributed by atoms with Crippen LogP contribution in [0.2, 0.25) is 0 Å². The topological polar surface area (TPSA) is 51.2 Å². The predicted octanol–water partition coefficient (Wildman–Crippen LogP) is 5.02. The molecule has 0 aliphatic heterocycles. The summed E-state index contributed by atoms with van der Waals surface area (Å²) in [6.07, 6.45) is 2.40. The van der Waals surface area contributed by atoms with Gasteiger partial charge < -0.3 is 0 Å². The van der Waals surface area contributed by atoms with Gasteiger partial charge in [0.15, 0.2) is 18.9 Å². The monoisotopic (exact) mass is 330 g/mol. The molecule has 0 N–H and O–H groups in total. The number of hydrogen-bond acceptors (Lipinski definition) is 3. The summed E-state index contributed by atoms with van der Waals surface area (Å²) in [5, 5.41) is 0. The second-order valence-corrected chi connectivity index (χ2v) is 9.47. The second kappa shape index (κ2) is 6.27. The number of carbonyl (C=O) groups excluding carboxylic acids is 3. The predicted molar refractivity (Wildman–Crippen MR) is 98.7 cm³/mol. The molecule has 0 radical (unpaired) electrons. The third kappa shape index (κ3) is 3.50. The molecular formula is C21H30O3. The number of aldehydes is 3. The molecule has 0 aromatic heterocycles. The van der Waals surface area contributed by atoms with Gasteiger partial charge in [-0.25, -0.2) is 0 Å². The van der Waals surface area contributed by atoms with Gasteiger partial charge in [0.25, 0.3) is 0 Å². The van der Waals surface area contributed by atoms with Gasteiger partial charge in [-0.3, -0.25) is 14.4 Å². The Kier molecular flexibility index (Phi) is 5.30. The van der Waals surface area contributed by atoms with Crippen LogP contribution in [0.5, 0.6) is 0 Å². The standard InChI is InChI=1S/C21H30O3/c1-19(2,3)16-13(10-22)17(20(4,5)6)15(12-24)18(14(16)11-23)21(7,8)9/h10-12H,1-9H3. The molecule has 0 heterocycles. The molecule has 0 atom stereocenters. The summed E-state index contributed by atoms with van der Waals surface area (Å²) in [7, 11) is 0. The maximum atomic E-state index is 12.0. The van der Waals surface area contributed by atoms with Gasteiger partial charge in [0.2, 0.25) is 0 Å². The number of carbonyl (C=O) groups is 3. The molecule has 0 unspecified atom stereocenters. The summed E-state index contributed by atoms with van der Waals surface area (Å²) in [6.45, 7) is 17.9. The molecule has 0 bridgehead atoms. The van der Waals surface area contributed by atoms with E-state index in [1.165, 1.54) is 0 Å². The lowest BCUT2D eigenvalue weighted by atomic mass is 9.67. The molecule has 24 heavy (non-hydrogen) atoms. The molecular weight excluding hydrogens is 300 g/mol. The van der Waals surface area contributed by atoms with Crippen molar-refractivity contribution < 1.29 is 14.4 Å². The highest BCUT2D eigenvalue weighted by atomic mass is 16.1. The Morgan fingerprint density at radius 2 is 0.625 bits per heavy atom. The van der Waals surface area contributed by atoms with E-state index in [-0.39, 0.29) is 0 Å². The molecule has 0 aliphatic carbocycles. The first kappa shape index (κ1) is 20.3. The van der Waals surface area contributed by atoms with Gasteiger partial charge in [-0.15, -0.1) is 0 Å².